The molecule has 100 valence electrons. The topological polar surface area (TPSA) is 12.0 Å². The Morgan fingerprint density at radius 1 is 1.11 bits per heavy atom. The lowest BCUT2D eigenvalue weighted by atomic mass is 10.1. The lowest BCUT2D eigenvalue weighted by molar-refractivity contribution is 0.565. The molecule has 1 nitrogen and oxygen atoms in total. The summed E-state index contributed by atoms with van der Waals surface area (Å²) in [6.45, 7) is 2.61. The lowest BCUT2D eigenvalue weighted by Gasteiger charge is -2.14. The third kappa shape index (κ3) is 4.20. The van der Waals surface area contributed by atoms with Gasteiger partial charge in [-0.1, -0.05) is 35.3 Å². The number of hydrogen-bond acceptors (Lipinski definition) is 1. The van der Waals surface area contributed by atoms with Gasteiger partial charge in [-0.2, -0.15) is 0 Å². The third-order valence-electron chi connectivity index (χ3n) is 2.88. The molecule has 0 saturated carbocycles. The van der Waals surface area contributed by atoms with Crippen molar-refractivity contribution in [3.05, 3.63) is 69.5 Å². The van der Waals surface area contributed by atoms with Crippen LogP contribution in [0, 0.1) is 5.82 Å². The van der Waals surface area contributed by atoms with E-state index in [2.05, 4.69) is 5.32 Å². The standard InChI is InChI=1S/C15H14Cl2FN/c1-10(12-3-2-4-15(18)7-12)19-9-11-5-13(16)8-14(17)6-11/h2-8,10,19H,9H2,1H3. The summed E-state index contributed by atoms with van der Waals surface area (Å²) in [4.78, 5) is 0. The summed E-state index contributed by atoms with van der Waals surface area (Å²) in [6.07, 6.45) is 0. The largest absolute Gasteiger partial charge is 0.306 e. The van der Waals surface area contributed by atoms with Crippen molar-refractivity contribution in [3.63, 3.8) is 0 Å². The fraction of sp³-hybridized carbons (Fsp3) is 0.200. The molecule has 0 aliphatic carbocycles. The number of nitrogens with one attached hydrogen (secondary N) is 1. The van der Waals surface area contributed by atoms with Crippen molar-refractivity contribution in [2.45, 2.75) is 19.5 Å². The zero-order valence-electron chi connectivity index (χ0n) is 10.5. The molecule has 1 N–H and O–H groups in total. The van der Waals surface area contributed by atoms with Gasteiger partial charge in [0.05, 0.1) is 0 Å². The molecule has 0 aliphatic heterocycles. The van der Waals surface area contributed by atoms with Gasteiger partial charge < -0.3 is 5.32 Å². The van der Waals surface area contributed by atoms with E-state index in [1.165, 1.54) is 12.1 Å². The average molecular weight is 298 g/mol. The Morgan fingerprint density at radius 3 is 2.42 bits per heavy atom. The molecule has 0 bridgehead atoms. The smallest absolute Gasteiger partial charge is 0.123 e. The van der Waals surface area contributed by atoms with Crippen LogP contribution in [-0.2, 0) is 6.54 Å². The maximum absolute atomic E-state index is 13.1. The van der Waals surface area contributed by atoms with Crippen LogP contribution in [0.3, 0.4) is 0 Å². The van der Waals surface area contributed by atoms with E-state index < -0.39 is 0 Å². The summed E-state index contributed by atoms with van der Waals surface area (Å²) < 4.78 is 13.1. The number of benzene rings is 2. The Balaban J connectivity index is 2.02. The van der Waals surface area contributed by atoms with Crippen molar-refractivity contribution in [2.24, 2.45) is 0 Å². The maximum atomic E-state index is 13.1. The predicted octanol–water partition coefficient (Wildman–Crippen LogP) is 4.98. The van der Waals surface area contributed by atoms with Crippen molar-refractivity contribution >= 4 is 23.2 Å². The summed E-state index contributed by atoms with van der Waals surface area (Å²) in [5.41, 5.74) is 1.91. The highest BCUT2D eigenvalue weighted by Crippen LogP contribution is 2.20. The van der Waals surface area contributed by atoms with E-state index in [9.17, 15) is 4.39 Å². The monoisotopic (exact) mass is 297 g/mol. The molecule has 0 saturated heterocycles. The molecule has 1 unspecified atom stereocenters. The Kier molecular flexibility index (Phi) is 4.81. The molecule has 1 atom stereocenters. The first-order valence-corrected chi connectivity index (χ1v) is 6.74. The molecular formula is C15H14Cl2FN. The molecule has 0 fully saturated rings. The highest BCUT2D eigenvalue weighted by Gasteiger charge is 2.06. The van der Waals surface area contributed by atoms with E-state index in [-0.39, 0.29) is 11.9 Å². The Labute approximate surface area is 122 Å². The van der Waals surface area contributed by atoms with Crippen LogP contribution in [0.1, 0.15) is 24.1 Å². The molecular weight excluding hydrogens is 284 g/mol. The van der Waals surface area contributed by atoms with Crippen molar-refractivity contribution in [1.29, 1.82) is 0 Å². The SMILES string of the molecule is CC(NCc1cc(Cl)cc(Cl)c1)c1cccc(F)c1. The van der Waals surface area contributed by atoms with E-state index >= 15 is 0 Å². The van der Waals surface area contributed by atoms with Crippen LogP contribution >= 0.6 is 23.2 Å². The fourth-order valence-corrected chi connectivity index (χ4v) is 2.45. The van der Waals surface area contributed by atoms with E-state index in [4.69, 9.17) is 23.2 Å². The summed E-state index contributed by atoms with van der Waals surface area (Å²) in [7, 11) is 0. The van der Waals surface area contributed by atoms with Gasteiger partial charge in [0.25, 0.3) is 0 Å². The molecule has 2 aromatic rings. The first-order valence-electron chi connectivity index (χ1n) is 5.98. The summed E-state index contributed by atoms with van der Waals surface area (Å²) in [6, 6.07) is 12.0. The molecule has 2 rings (SSSR count). The second-order valence-electron chi connectivity index (χ2n) is 4.44. The second kappa shape index (κ2) is 6.38. The van der Waals surface area contributed by atoms with Crippen LogP contribution < -0.4 is 5.32 Å². The summed E-state index contributed by atoms with van der Waals surface area (Å²) >= 11 is 11.9. The molecule has 0 amide bonds. The van der Waals surface area contributed by atoms with Crippen molar-refractivity contribution < 1.29 is 4.39 Å². The zero-order valence-corrected chi connectivity index (χ0v) is 12.0. The van der Waals surface area contributed by atoms with Gasteiger partial charge in [0.2, 0.25) is 0 Å². The van der Waals surface area contributed by atoms with Crippen molar-refractivity contribution in [3.8, 4) is 0 Å². The maximum Gasteiger partial charge on any atom is 0.123 e. The molecule has 0 heterocycles. The normalized spacial score (nSPS) is 12.4. The van der Waals surface area contributed by atoms with E-state index in [1.807, 2.05) is 25.1 Å². The highest BCUT2D eigenvalue weighted by molar-refractivity contribution is 6.34. The second-order valence-corrected chi connectivity index (χ2v) is 5.31. The summed E-state index contributed by atoms with van der Waals surface area (Å²) in [5.74, 6) is -0.225. The van der Waals surface area contributed by atoms with Crippen LogP contribution in [-0.4, -0.2) is 0 Å². The molecule has 0 radical (unpaired) electrons. The van der Waals surface area contributed by atoms with Crippen molar-refractivity contribution in [1.82, 2.24) is 5.32 Å². The molecule has 0 aliphatic rings. The van der Waals surface area contributed by atoms with Crippen LogP contribution in [0.5, 0.6) is 0 Å². The third-order valence-corrected chi connectivity index (χ3v) is 3.32. The van der Waals surface area contributed by atoms with E-state index in [1.54, 1.807) is 12.1 Å². The van der Waals surface area contributed by atoms with Crippen LogP contribution in [0.25, 0.3) is 0 Å². The number of hydrogen-bond donors (Lipinski definition) is 1. The zero-order chi connectivity index (χ0) is 13.8. The average Bonchev–Trinajstić information content (AvgIpc) is 2.35. The van der Waals surface area contributed by atoms with Gasteiger partial charge in [0.15, 0.2) is 0 Å². The summed E-state index contributed by atoms with van der Waals surface area (Å²) in [5, 5.41) is 4.54. The molecule has 2 aromatic carbocycles. The minimum absolute atomic E-state index is 0.0495. The number of halogens is 3. The Morgan fingerprint density at radius 2 is 1.79 bits per heavy atom. The van der Waals surface area contributed by atoms with Crippen LogP contribution in [0.15, 0.2) is 42.5 Å². The van der Waals surface area contributed by atoms with Crippen molar-refractivity contribution in [2.75, 3.05) is 0 Å². The Bertz CT molecular complexity index is 552. The fourth-order valence-electron chi connectivity index (χ4n) is 1.88. The molecule has 0 aromatic heterocycles. The highest BCUT2D eigenvalue weighted by atomic mass is 35.5. The molecule has 0 spiro atoms. The van der Waals surface area contributed by atoms with Crippen LogP contribution in [0.4, 0.5) is 4.39 Å². The molecule has 19 heavy (non-hydrogen) atoms. The van der Waals surface area contributed by atoms with Gasteiger partial charge in [-0.05, 0) is 48.4 Å². The van der Waals surface area contributed by atoms with Gasteiger partial charge in [-0.25, -0.2) is 4.39 Å². The predicted molar refractivity (Wildman–Crippen MR) is 78.1 cm³/mol. The van der Waals surface area contributed by atoms with Crippen LogP contribution in [0.2, 0.25) is 10.0 Å². The Hall–Kier alpha value is -1.09. The van der Waals surface area contributed by atoms with Gasteiger partial charge >= 0.3 is 0 Å². The lowest BCUT2D eigenvalue weighted by Crippen LogP contribution is -2.18. The minimum atomic E-state index is -0.225. The van der Waals surface area contributed by atoms with E-state index in [0.29, 0.717) is 16.6 Å². The van der Waals surface area contributed by atoms with Gasteiger partial charge in [0, 0.05) is 22.6 Å². The van der Waals surface area contributed by atoms with Gasteiger partial charge in [0.1, 0.15) is 5.82 Å². The minimum Gasteiger partial charge on any atom is -0.306 e. The quantitative estimate of drug-likeness (QED) is 0.839. The van der Waals surface area contributed by atoms with Gasteiger partial charge in [-0.15, -0.1) is 0 Å². The first kappa shape index (κ1) is 14.3. The first-order chi connectivity index (χ1) is 9.04. The van der Waals surface area contributed by atoms with Gasteiger partial charge in [-0.3, -0.25) is 0 Å². The number of rotatable bonds is 4. The molecule has 4 heteroatoms. The van der Waals surface area contributed by atoms with E-state index in [0.717, 1.165) is 11.1 Å².